The molecule has 4 rings (SSSR count). The first-order valence-electron chi connectivity index (χ1n) is 11.3. The number of sulfone groups is 1. The number of carbonyl (C=O) groups is 1. The smallest absolute Gasteiger partial charge is 0.376 e. The first-order chi connectivity index (χ1) is 16.3. The molecule has 2 aromatic carbocycles. The summed E-state index contributed by atoms with van der Waals surface area (Å²) in [6.45, 7) is 5.05. The zero-order valence-corrected chi connectivity index (χ0v) is 20.4. The summed E-state index contributed by atoms with van der Waals surface area (Å²) in [6, 6.07) is 10.3. The third kappa shape index (κ3) is 5.03. The van der Waals surface area contributed by atoms with Crippen LogP contribution in [0.25, 0.3) is 6.08 Å². The van der Waals surface area contributed by atoms with Crippen LogP contribution in [-0.2, 0) is 16.0 Å². The van der Waals surface area contributed by atoms with Gasteiger partial charge in [0.2, 0.25) is 0 Å². The number of rotatable bonds is 3. The molecule has 2 amide bonds. The average molecular weight is 508 g/mol. The van der Waals surface area contributed by atoms with E-state index in [9.17, 15) is 26.4 Å². The molecule has 10 heteroatoms. The van der Waals surface area contributed by atoms with Gasteiger partial charge in [-0.15, -0.1) is 0 Å². The molecule has 188 valence electrons. The maximum absolute atomic E-state index is 13.4. The number of nitrogens with one attached hydrogen (secondary N) is 3. The molecule has 1 heterocycles. The zero-order valence-electron chi connectivity index (χ0n) is 19.6. The van der Waals surface area contributed by atoms with Gasteiger partial charge in [-0.1, -0.05) is 24.3 Å². The lowest BCUT2D eigenvalue weighted by Crippen LogP contribution is -2.56. The van der Waals surface area contributed by atoms with Gasteiger partial charge in [0.25, 0.3) is 0 Å². The van der Waals surface area contributed by atoms with Crippen LogP contribution in [0, 0.1) is 0 Å². The molecule has 0 bridgehead atoms. The molecule has 0 spiro atoms. The van der Waals surface area contributed by atoms with Gasteiger partial charge in [0.05, 0.1) is 27.6 Å². The van der Waals surface area contributed by atoms with Crippen LogP contribution >= 0.6 is 0 Å². The van der Waals surface area contributed by atoms with E-state index in [0.29, 0.717) is 18.4 Å². The molecule has 6 nitrogen and oxygen atoms in total. The molecule has 3 N–H and O–H groups in total. The quantitative estimate of drug-likeness (QED) is 0.516. The predicted molar refractivity (Wildman–Crippen MR) is 131 cm³/mol. The molecule has 1 aliphatic carbocycles. The summed E-state index contributed by atoms with van der Waals surface area (Å²) in [5.41, 5.74) is 1.83. The van der Waals surface area contributed by atoms with Gasteiger partial charge in [-0.05, 0) is 75.1 Å². The molecule has 1 aliphatic heterocycles. The first-order valence-corrected chi connectivity index (χ1v) is 12.9. The van der Waals surface area contributed by atoms with E-state index in [-0.39, 0.29) is 5.69 Å². The Labute approximate surface area is 202 Å². The number of benzene rings is 2. The Kier molecular flexibility index (Phi) is 6.37. The third-order valence-electron chi connectivity index (χ3n) is 6.48. The number of alkyl halides is 3. The number of fused-ring (bicyclic) bond motifs is 2. The van der Waals surface area contributed by atoms with Gasteiger partial charge in [-0.3, -0.25) is 0 Å². The minimum atomic E-state index is -4.46. The van der Waals surface area contributed by atoms with Crippen LogP contribution in [0.3, 0.4) is 0 Å². The van der Waals surface area contributed by atoms with Crippen molar-refractivity contribution in [3.05, 3.63) is 65.2 Å². The van der Waals surface area contributed by atoms with Crippen molar-refractivity contribution >= 4 is 33.3 Å². The van der Waals surface area contributed by atoms with Crippen molar-refractivity contribution in [2.75, 3.05) is 10.6 Å². The van der Waals surface area contributed by atoms with E-state index >= 15 is 0 Å². The van der Waals surface area contributed by atoms with E-state index in [1.54, 1.807) is 20.8 Å². The van der Waals surface area contributed by atoms with Crippen molar-refractivity contribution in [2.45, 2.75) is 61.9 Å². The Morgan fingerprint density at radius 3 is 2.29 bits per heavy atom. The van der Waals surface area contributed by atoms with Crippen molar-refractivity contribution in [3.63, 3.8) is 0 Å². The molecular weight excluding hydrogens is 479 g/mol. The zero-order chi connectivity index (χ0) is 25.6. The highest BCUT2D eigenvalue weighted by atomic mass is 32.2. The van der Waals surface area contributed by atoms with Crippen molar-refractivity contribution in [1.82, 2.24) is 5.32 Å². The second-order valence-corrected chi connectivity index (χ2v) is 12.7. The van der Waals surface area contributed by atoms with Crippen LogP contribution in [0.5, 0.6) is 0 Å². The van der Waals surface area contributed by atoms with Gasteiger partial charge >= 0.3 is 12.2 Å². The monoisotopic (exact) mass is 507 g/mol. The molecular formula is C25H28F3N3O3S. The summed E-state index contributed by atoms with van der Waals surface area (Å²) < 4.78 is 64.2. The van der Waals surface area contributed by atoms with Gasteiger partial charge < -0.3 is 16.0 Å². The maximum Gasteiger partial charge on any atom is 0.416 e. The summed E-state index contributed by atoms with van der Waals surface area (Å²) >= 11 is 0. The molecule has 2 aromatic rings. The van der Waals surface area contributed by atoms with Crippen LogP contribution in [-0.4, -0.2) is 36.5 Å². The van der Waals surface area contributed by atoms with E-state index in [1.165, 1.54) is 12.1 Å². The lowest BCUT2D eigenvalue weighted by atomic mass is 9.82. The highest BCUT2D eigenvalue weighted by Gasteiger charge is 2.47. The van der Waals surface area contributed by atoms with Gasteiger partial charge in [0.1, 0.15) is 0 Å². The van der Waals surface area contributed by atoms with Crippen LogP contribution in [0.15, 0.2) is 54.1 Å². The third-order valence-corrected chi connectivity index (χ3v) is 9.45. The lowest BCUT2D eigenvalue weighted by Gasteiger charge is -2.43. The number of anilines is 2. The molecule has 0 aromatic heterocycles. The first kappa shape index (κ1) is 25.1. The highest BCUT2D eigenvalue weighted by molar-refractivity contribution is 7.93. The summed E-state index contributed by atoms with van der Waals surface area (Å²) in [5, 5.41) is 8.15. The maximum atomic E-state index is 13.4. The number of carbonyl (C=O) groups excluding carboxylic acids is 1. The van der Waals surface area contributed by atoms with Crippen LogP contribution in [0.1, 0.15) is 44.7 Å². The van der Waals surface area contributed by atoms with Crippen molar-refractivity contribution < 1.29 is 26.4 Å². The SMILES string of the molecule is CC(C)(C)S(=O)(=O)C1CCC(NC(=O)Nc2ccc(C(F)(F)F)cc2)C2Nc3ccccc3C=C21. The Hall–Kier alpha value is -3.01. The summed E-state index contributed by atoms with van der Waals surface area (Å²) in [7, 11) is -3.52. The molecule has 35 heavy (non-hydrogen) atoms. The van der Waals surface area contributed by atoms with Gasteiger partial charge in [0, 0.05) is 11.4 Å². The Morgan fingerprint density at radius 1 is 1.00 bits per heavy atom. The van der Waals surface area contributed by atoms with E-state index in [2.05, 4.69) is 16.0 Å². The standard InChI is InChI=1S/C25H28F3N3O3S/c1-24(2,3)35(33,34)21-13-12-20(22-18(21)14-15-6-4-5-7-19(15)30-22)31-23(32)29-17-10-8-16(9-11-17)25(26,27)28/h4-11,14,20-22,30H,12-13H2,1-3H3,(H2,29,31,32). The molecule has 3 atom stereocenters. The summed E-state index contributed by atoms with van der Waals surface area (Å²) in [6.07, 6.45) is -1.81. The minimum Gasteiger partial charge on any atom is -0.376 e. The summed E-state index contributed by atoms with van der Waals surface area (Å²) in [5.74, 6) is 0. The topological polar surface area (TPSA) is 87.3 Å². The molecule has 2 aliphatic rings. The van der Waals surface area contributed by atoms with Gasteiger partial charge in [-0.2, -0.15) is 13.2 Å². The minimum absolute atomic E-state index is 0.220. The fourth-order valence-electron chi connectivity index (χ4n) is 4.56. The largest absolute Gasteiger partial charge is 0.416 e. The van der Waals surface area contributed by atoms with Crippen molar-refractivity contribution in [1.29, 1.82) is 0 Å². The van der Waals surface area contributed by atoms with E-state index in [4.69, 9.17) is 0 Å². The molecule has 3 unspecified atom stereocenters. The second kappa shape index (κ2) is 8.89. The highest BCUT2D eigenvalue weighted by Crippen LogP contribution is 2.40. The van der Waals surface area contributed by atoms with Crippen LogP contribution < -0.4 is 16.0 Å². The predicted octanol–water partition coefficient (Wildman–Crippen LogP) is 5.45. The van der Waals surface area contributed by atoms with Gasteiger partial charge in [-0.25, -0.2) is 13.2 Å². The molecule has 0 radical (unpaired) electrons. The fourth-order valence-corrected chi connectivity index (χ4v) is 6.43. The van der Waals surface area contributed by atoms with Crippen LogP contribution in [0.4, 0.5) is 29.3 Å². The number of halogens is 3. The van der Waals surface area contributed by atoms with E-state index < -0.39 is 49.7 Å². The number of urea groups is 1. The second-order valence-electron chi connectivity index (χ2n) is 9.86. The van der Waals surface area contributed by atoms with E-state index in [1.807, 2.05) is 30.3 Å². The molecule has 1 saturated carbocycles. The van der Waals surface area contributed by atoms with Crippen molar-refractivity contribution in [3.8, 4) is 0 Å². The Bertz CT molecular complexity index is 1250. The number of hydrogen-bond donors (Lipinski definition) is 3. The fraction of sp³-hybridized carbons (Fsp3) is 0.400. The number of amides is 2. The lowest BCUT2D eigenvalue weighted by molar-refractivity contribution is -0.137. The number of hydrogen-bond acceptors (Lipinski definition) is 4. The van der Waals surface area contributed by atoms with Crippen molar-refractivity contribution in [2.24, 2.45) is 0 Å². The average Bonchev–Trinajstić information content (AvgIpc) is 2.77. The Balaban J connectivity index is 1.56. The Morgan fingerprint density at radius 2 is 1.66 bits per heavy atom. The molecule has 1 fully saturated rings. The normalized spacial score (nSPS) is 22.2. The van der Waals surface area contributed by atoms with E-state index in [0.717, 1.165) is 23.4 Å². The van der Waals surface area contributed by atoms with Gasteiger partial charge in [0.15, 0.2) is 9.84 Å². The summed E-state index contributed by atoms with van der Waals surface area (Å²) in [4.78, 5) is 12.7. The molecule has 0 saturated heterocycles. The number of para-hydroxylation sites is 1. The van der Waals surface area contributed by atoms with Crippen LogP contribution in [0.2, 0.25) is 0 Å².